The number of furan rings is 1. The van der Waals surface area contributed by atoms with Gasteiger partial charge in [-0.3, -0.25) is 0 Å². The van der Waals surface area contributed by atoms with Gasteiger partial charge in [0.2, 0.25) is 0 Å². The first-order chi connectivity index (χ1) is 5.08. The van der Waals surface area contributed by atoms with Crippen molar-refractivity contribution in [2.75, 3.05) is 0 Å². The molecule has 0 amide bonds. The lowest BCUT2D eigenvalue weighted by molar-refractivity contribution is 0.356. The average molecular weight is 153 g/mol. The van der Waals surface area contributed by atoms with Crippen LogP contribution in [0.25, 0.3) is 0 Å². The van der Waals surface area contributed by atoms with Gasteiger partial charge in [0, 0.05) is 0 Å². The van der Waals surface area contributed by atoms with Gasteiger partial charge in [-0.1, -0.05) is 6.92 Å². The second-order valence-electron chi connectivity index (χ2n) is 3.20. The van der Waals surface area contributed by atoms with Crippen molar-refractivity contribution in [2.45, 2.75) is 32.7 Å². The standard InChI is InChI=1S/C9H15NO/c1-4-9(3,10)8-7(2)5-6-11-8/h5-6H,4,10H2,1-3H3. The fraction of sp³-hybridized carbons (Fsp3) is 0.556. The Morgan fingerprint density at radius 3 is 2.64 bits per heavy atom. The fourth-order valence-electron chi connectivity index (χ4n) is 1.12. The molecule has 0 saturated carbocycles. The van der Waals surface area contributed by atoms with Gasteiger partial charge in [0.15, 0.2) is 0 Å². The summed E-state index contributed by atoms with van der Waals surface area (Å²) in [6.45, 7) is 6.06. The van der Waals surface area contributed by atoms with Gasteiger partial charge in [0.25, 0.3) is 0 Å². The molecule has 1 aromatic heterocycles. The summed E-state index contributed by atoms with van der Waals surface area (Å²) in [6.07, 6.45) is 2.58. The molecule has 0 fully saturated rings. The van der Waals surface area contributed by atoms with Gasteiger partial charge in [-0.15, -0.1) is 0 Å². The minimum Gasteiger partial charge on any atom is -0.467 e. The normalized spacial score (nSPS) is 16.4. The Bertz CT molecular complexity index is 237. The summed E-state index contributed by atoms with van der Waals surface area (Å²) in [5.74, 6) is 0.903. The molecule has 1 aromatic rings. The van der Waals surface area contributed by atoms with E-state index in [1.165, 1.54) is 0 Å². The summed E-state index contributed by atoms with van der Waals surface area (Å²) in [5.41, 5.74) is 6.81. The van der Waals surface area contributed by atoms with Crippen molar-refractivity contribution in [2.24, 2.45) is 5.73 Å². The van der Waals surface area contributed by atoms with E-state index in [0.29, 0.717) is 0 Å². The van der Waals surface area contributed by atoms with E-state index in [1.807, 2.05) is 19.9 Å². The van der Waals surface area contributed by atoms with E-state index in [-0.39, 0.29) is 5.54 Å². The topological polar surface area (TPSA) is 39.2 Å². The molecule has 1 heterocycles. The van der Waals surface area contributed by atoms with E-state index >= 15 is 0 Å². The predicted molar refractivity (Wildman–Crippen MR) is 45.3 cm³/mol. The molecule has 1 atom stereocenters. The van der Waals surface area contributed by atoms with Crippen LogP contribution in [0.15, 0.2) is 16.7 Å². The van der Waals surface area contributed by atoms with Gasteiger partial charge < -0.3 is 10.2 Å². The Morgan fingerprint density at radius 1 is 1.64 bits per heavy atom. The Hall–Kier alpha value is -0.760. The van der Waals surface area contributed by atoms with E-state index in [2.05, 4.69) is 6.92 Å². The van der Waals surface area contributed by atoms with Gasteiger partial charge in [-0.25, -0.2) is 0 Å². The molecule has 11 heavy (non-hydrogen) atoms. The monoisotopic (exact) mass is 153 g/mol. The van der Waals surface area contributed by atoms with Gasteiger partial charge in [-0.05, 0) is 31.9 Å². The molecule has 0 spiro atoms. The summed E-state index contributed by atoms with van der Waals surface area (Å²) in [5, 5.41) is 0. The largest absolute Gasteiger partial charge is 0.467 e. The Balaban J connectivity index is 3.00. The summed E-state index contributed by atoms with van der Waals surface area (Å²) in [6, 6.07) is 1.94. The zero-order valence-electron chi connectivity index (χ0n) is 7.35. The van der Waals surface area contributed by atoms with Crippen LogP contribution >= 0.6 is 0 Å². The van der Waals surface area contributed by atoms with Crippen molar-refractivity contribution in [3.63, 3.8) is 0 Å². The molecule has 1 rings (SSSR count). The first-order valence-corrected chi connectivity index (χ1v) is 3.91. The summed E-state index contributed by atoms with van der Waals surface area (Å²) in [7, 11) is 0. The minimum absolute atomic E-state index is 0.312. The summed E-state index contributed by atoms with van der Waals surface area (Å²) >= 11 is 0. The molecule has 0 bridgehead atoms. The van der Waals surface area contributed by atoms with Crippen LogP contribution in [-0.2, 0) is 5.54 Å². The van der Waals surface area contributed by atoms with Crippen molar-refractivity contribution in [1.29, 1.82) is 0 Å². The highest BCUT2D eigenvalue weighted by Gasteiger charge is 2.23. The smallest absolute Gasteiger partial charge is 0.126 e. The molecular formula is C9H15NO. The van der Waals surface area contributed by atoms with Crippen LogP contribution in [-0.4, -0.2) is 0 Å². The molecule has 0 aliphatic carbocycles. The van der Waals surface area contributed by atoms with Crippen LogP contribution in [0.4, 0.5) is 0 Å². The van der Waals surface area contributed by atoms with Gasteiger partial charge >= 0.3 is 0 Å². The maximum Gasteiger partial charge on any atom is 0.126 e. The van der Waals surface area contributed by atoms with Crippen LogP contribution in [0.2, 0.25) is 0 Å². The maximum absolute atomic E-state index is 5.99. The SMILES string of the molecule is CCC(C)(N)c1occc1C. The Morgan fingerprint density at radius 2 is 2.27 bits per heavy atom. The first kappa shape index (κ1) is 8.34. The Kier molecular flexibility index (Phi) is 2.05. The van der Waals surface area contributed by atoms with E-state index < -0.39 is 0 Å². The highest BCUT2D eigenvalue weighted by molar-refractivity contribution is 5.21. The molecule has 0 aliphatic heterocycles. The minimum atomic E-state index is -0.312. The molecule has 0 radical (unpaired) electrons. The zero-order valence-corrected chi connectivity index (χ0v) is 7.35. The maximum atomic E-state index is 5.99. The van der Waals surface area contributed by atoms with Gasteiger partial charge in [0.05, 0.1) is 11.8 Å². The molecule has 0 aromatic carbocycles. The molecule has 2 nitrogen and oxygen atoms in total. The van der Waals surface area contributed by atoms with Crippen LogP contribution in [0.1, 0.15) is 31.6 Å². The van der Waals surface area contributed by atoms with Crippen LogP contribution in [0.5, 0.6) is 0 Å². The second-order valence-corrected chi connectivity index (χ2v) is 3.20. The molecule has 2 N–H and O–H groups in total. The third kappa shape index (κ3) is 1.46. The molecule has 0 aliphatic rings. The number of nitrogens with two attached hydrogens (primary N) is 1. The number of aryl methyl sites for hydroxylation is 1. The quantitative estimate of drug-likeness (QED) is 0.707. The molecular weight excluding hydrogens is 138 g/mol. The third-order valence-corrected chi connectivity index (χ3v) is 2.12. The van der Waals surface area contributed by atoms with Crippen LogP contribution in [0, 0.1) is 6.92 Å². The molecule has 0 saturated heterocycles. The summed E-state index contributed by atoms with van der Waals surface area (Å²) < 4.78 is 5.29. The lowest BCUT2D eigenvalue weighted by atomic mass is 9.95. The van der Waals surface area contributed by atoms with Crippen molar-refractivity contribution in [1.82, 2.24) is 0 Å². The zero-order chi connectivity index (χ0) is 8.48. The number of rotatable bonds is 2. The first-order valence-electron chi connectivity index (χ1n) is 3.91. The highest BCUT2D eigenvalue weighted by atomic mass is 16.3. The van der Waals surface area contributed by atoms with Crippen molar-refractivity contribution in [3.8, 4) is 0 Å². The van der Waals surface area contributed by atoms with Crippen LogP contribution in [0.3, 0.4) is 0 Å². The average Bonchev–Trinajstić information content (AvgIpc) is 2.36. The molecule has 2 heteroatoms. The number of hydrogen-bond donors (Lipinski definition) is 1. The van der Waals surface area contributed by atoms with Crippen LogP contribution < -0.4 is 5.73 Å². The number of hydrogen-bond acceptors (Lipinski definition) is 2. The molecule has 1 unspecified atom stereocenters. The highest BCUT2D eigenvalue weighted by Crippen LogP contribution is 2.24. The van der Waals surface area contributed by atoms with E-state index in [9.17, 15) is 0 Å². The lowest BCUT2D eigenvalue weighted by Crippen LogP contribution is -2.32. The van der Waals surface area contributed by atoms with E-state index in [0.717, 1.165) is 17.7 Å². The lowest BCUT2D eigenvalue weighted by Gasteiger charge is -2.20. The molecule has 62 valence electrons. The predicted octanol–water partition coefficient (Wildman–Crippen LogP) is 2.17. The second kappa shape index (κ2) is 2.70. The van der Waals surface area contributed by atoms with Gasteiger partial charge in [-0.2, -0.15) is 0 Å². The third-order valence-electron chi connectivity index (χ3n) is 2.12. The fourth-order valence-corrected chi connectivity index (χ4v) is 1.12. The Labute approximate surface area is 67.4 Å². The summed E-state index contributed by atoms with van der Waals surface area (Å²) in [4.78, 5) is 0. The van der Waals surface area contributed by atoms with Crippen molar-refractivity contribution in [3.05, 3.63) is 23.7 Å². The van der Waals surface area contributed by atoms with Crippen molar-refractivity contribution < 1.29 is 4.42 Å². The van der Waals surface area contributed by atoms with E-state index in [1.54, 1.807) is 6.26 Å². The van der Waals surface area contributed by atoms with E-state index in [4.69, 9.17) is 10.2 Å². The van der Waals surface area contributed by atoms with Gasteiger partial charge in [0.1, 0.15) is 5.76 Å². The van der Waals surface area contributed by atoms with Crippen molar-refractivity contribution >= 4 is 0 Å².